The van der Waals surface area contributed by atoms with Crippen LogP contribution in [0.25, 0.3) is 0 Å². The Morgan fingerprint density at radius 2 is 2.19 bits per heavy atom. The molecule has 82 valence electrons. The number of aliphatic imine (C=N–C) groups is 1. The molecule has 0 spiro atoms. The van der Waals surface area contributed by atoms with Gasteiger partial charge in [-0.1, -0.05) is 18.2 Å². The van der Waals surface area contributed by atoms with Gasteiger partial charge in [-0.05, 0) is 18.2 Å². The molecule has 0 atom stereocenters. The molecule has 0 saturated heterocycles. The SMILES string of the molecule is O=C(OCN1C=CC=NC1)c1ccccc1. The van der Waals surface area contributed by atoms with Gasteiger partial charge < -0.3 is 9.64 Å². The molecule has 1 aliphatic heterocycles. The maximum Gasteiger partial charge on any atom is 0.339 e. The van der Waals surface area contributed by atoms with E-state index >= 15 is 0 Å². The van der Waals surface area contributed by atoms with Crippen molar-refractivity contribution in [3.63, 3.8) is 0 Å². The van der Waals surface area contributed by atoms with Crippen molar-refractivity contribution >= 4 is 12.2 Å². The molecule has 16 heavy (non-hydrogen) atoms. The lowest BCUT2D eigenvalue weighted by Gasteiger charge is -2.19. The highest BCUT2D eigenvalue weighted by atomic mass is 16.5. The van der Waals surface area contributed by atoms with E-state index in [9.17, 15) is 4.79 Å². The zero-order valence-corrected chi connectivity index (χ0v) is 8.74. The number of rotatable bonds is 3. The van der Waals surface area contributed by atoms with Gasteiger partial charge in [0, 0.05) is 12.4 Å². The Morgan fingerprint density at radius 1 is 1.38 bits per heavy atom. The summed E-state index contributed by atoms with van der Waals surface area (Å²) in [6.07, 6.45) is 5.36. The lowest BCUT2D eigenvalue weighted by molar-refractivity contribution is 0.0317. The van der Waals surface area contributed by atoms with E-state index in [-0.39, 0.29) is 12.7 Å². The summed E-state index contributed by atoms with van der Waals surface area (Å²) >= 11 is 0. The van der Waals surface area contributed by atoms with Gasteiger partial charge in [-0.2, -0.15) is 0 Å². The Bertz CT molecular complexity index is 412. The number of nitrogens with zero attached hydrogens (tertiary/aromatic N) is 2. The molecule has 0 saturated carbocycles. The van der Waals surface area contributed by atoms with Gasteiger partial charge in [0.2, 0.25) is 0 Å². The number of esters is 1. The Morgan fingerprint density at radius 3 is 2.88 bits per heavy atom. The number of carbonyl (C=O) groups excluding carboxylic acids is 1. The summed E-state index contributed by atoms with van der Waals surface area (Å²) in [5, 5.41) is 0. The van der Waals surface area contributed by atoms with E-state index in [2.05, 4.69) is 4.99 Å². The largest absolute Gasteiger partial charge is 0.441 e. The van der Waals surface area contributed by atoms with Crippen LogP contribution in [0.1, 0.15) is 10.4 Å². The van der Waals surface area contributed by atoms with Crippen LogP contribution >= 0.6 is 0 Å². The molecule has 0 aliphatic carbocycles. The van der Waals surface area contributed by atoms with E-state index in [0.29, 0.717) is 12.2 Å². The molecule has 1 aromatic rings. The quantitative estimate of drug-likeness (QED) is 0.721. The van der Waals surface area contributed by atoms with Crippen LogP contribution in [-0.4, -0.2) is 30.5 Å². The molecule has 0 radical (unpaired) electrons. The van der Waals surface area contributed by atoms with Gasteiger partial charge in [-0.15, -0.1) is 0 Å². The van der Waals surface area contributed by atoms with Crippen LogP contribution in [0.4, 0.5) is 0 Å². The Balaban J connectivity index is 1.84. The van der Waals surface area contributed by atoms with Gasteiger partial charge in [0.25, 0.3) is 0 Å². The van der Waals surface area contributed by atoms with Crippen LogP contribution in [0.3, 0.4) is 0 Å². The van der Waals surface area contributed by atoms with Gasteiger partial charge in [0.1, 0.15) is 6.67 Å². The highest BCUT2D eigenvalue weighted by Gasteiger charge is 2.07. The summed E-state index contributed by atoms with van der Waals surface area (Å²) in [5.41, 5.74) is 0.562. The zero-order chi connectivity index (χ0) is 11.2. The molecule has 0 aromatic heterocycles. The monoisotopic (exact) mass is 216 g/mol. The fourth-order valence-electron chi connectivity index (χ4n) is 1.30. The van der Waals surface area contributed by atoms with Crippen LogP contribution in [0.15, 0.2) is 47.6 Å². The van der Waals surface area contributed by atoms with Crippen molar-refractivity contribution in [2.24, 2.45) is 4.99 Å². The van der Waals surface area contributed by atoms with Crippen molar-refractivity contribution in [3.8, 4) is 0 Å². The summed E-state index contributed by atoms with van der Waals surface area (Å²) in [6, 6.07) is 8.93. The lowest BCUT2D eigenvalue weighted by Crippen LogP contribution is -2.24. The molecule has 0 fully saturated rings. The smallest absolute Gasteiger partial charge is 0.339 e. The van der Waals surface area contributed by atoms with Crippen molar-refractivity contribution < 1.29 is 9.53 Å². The normalized spacial score (nSPS) is 13.9. The Hall–Kier alpha value is -2.10. The third-order valence-corrected chi connectivity index (χ3v) is 2.12. The van der Waals surface area contributed by atoms with Gasteiger partial charge in [-0.25, -0.2) is 4.79 Å². The number of hydrogen-bond donors (Lipinski definition) is 0. The predicted octanol–water partition coefficient (Wildman–Crippen LogP) is 1.66. The van der Waals surface area contributed by atoms with Crippen LogP contribution < -0.4 is 0 Å². The first-order valence-corrected chi connectivity index (χ1v) is 4.99. The maximum atomic E-state index is 11.6. The molecular weight excluding hydrogens is 204 g/mol. The van der Waals surface area contributed by atoms with Crippen LogP contribution in [0.2, 0.25) is 0 Å². The van der Waals surface area contributed by atoms with Crippen LogP contribution in [-0.2, 0) is 4.74 Å². The van der Waals surface area contributed by atoms with Crippen molar-refractivity contribution in [2.75, 3.05) is 13.4 Å². The number of benzene rings is 1. The second kappa shape index (κ2) is 5.11. The molecule has 0 N–H and O–H groups in total. The van der Waals surface area contributed by atoms with Gasteiger partial charge in [0.15, 0.2) is 6.73 Å². The number of ether oxygens (including phenoxy) is 1. The Labute approximate surface area is 93.9 Å². The number of allylic oxidation sites excluding steroid dienone is 1. The van der Waals surface area contributed by atoms with Crippen molar-refractivity contribution in [3.05, 3.63) is 48.2 Å². The minimum absolute atomic E-state index is 0.224. The molecule has 1 aromatic carbocycles. The number of hydrogen-bond acceptors (Lipinski definition) is 4. The second-order valence-electron chi connectivity index (χ2n) is 3.33. The molecule has 1 heterocycles. The highest BCUT2D eigenvalue weighted by molar-refractivity contribution is 5.89. The average Bonchev–Trinajstić information content (AvgIpc) is 2.38. The molecule has 0 bridgehead atoms. The van der Waals surface area contributed by atoms with E-state index in [4.69, 9.17) is 4.74 Å². The van der Waals surface area contributed by atoms with E-state index in [1.54, 1.807) is 29.3 Å². The molecule has 4 heteroatoms. The highest BCUT2D eigenvalue weighted by Crippen LogP contribution is 2.03. The third kappa shape index (κ3) is 2.70. The fraction of sp³-hybridized carbons (Fsp3) is 0.167. The minimum atomic E-state index is -0.316. The van der Waals surface area contributed by atoms with Gasteiger partial charge in [0.05, 0.1) is 5.56 Å². The van der Waals surface area contributed by atoms with E-state index in [0.717, 1.165) is 0 Å². The fourth-order valence-corrected chi connectivity index (χ4v) is 1.30. The molecule has 0 amide bonds. The second-order valence-corrected chi connectivity index (χ2v) is 3.33. The first-order valence-electron chi connectivity index (χ1n) is 4.99. The van der Waals surface area contributed by atoms with Gasteiger partial charge >= 0.3 is 5.97 Å². The maximum absolute atomic E-state index is 11.6. The Kier molecular flexibility index (Phi) is 3.33. The summed E-state index contributed by atoms with van der Waals surface area (Å²) in [7, 11) is 0. The topological polar surface area (TPSA) is 41.9 Å². The van der Waals surface area contributed by atoms with Crippen molar-refractivity contribution in [2.45, 2.75) is 0 Å². The van der Waals surface area contributed by atoms with Crippen LogP contribution in [0.5, 0.6) is 0 Å². The minimum Gasteiger partial charge on any atom is -0.441 e. The summed E-state index contributed by atoms with van der Waals surface area (Å²) in [6.45, 7) is 0.750. The molecule has 0 unspecified atom stereocenters. The first-order chi connectivity index (χ1) is 7.86. The van der Waals surface area contributed by atoms with Crippen LogP contribution in [0, 0.1) is 0 Å². The van der Waals surface area contributed by atoms with Gasteiger partial charge in [-0.3, -0.25) is 4.99 Å². The van der Waals surface area contributed by atoms with E-state index in [1.807, 2.05) is 24.4 Å². The molecule has 1 aliphatic rings. The van der Waals surface area contributed by atoms with Crippen molar-refractivity contribution in [1.82, 2.24) is 4.90 Å². The first kappa shape index (κ1) is 10.4. The van der Waals surface area contributed by atoms with Crippen molar-refractivity contribution in [1.29, 1.82) is 0 Å². The average molecular weight is 216 g/mol. The third-order valence-electron chi connectivity index (χ3n) is 2.12. The standard InChI is InChI=1S/C12H12N2O2/c15-12(11-5-2-1-3-6-11)16-10-14-8-4-7-13-9-14/h1-8H,9-10H2. The van der Waals surface area contributed by atoms with E-state index < -0.39 is 0 Å². The molecule has 2 rings (SSSR count). The zero-order valence-electron chi connectivity index (χ0n) is 8.74. The lowest BCUT2D eigenvalue weighted by atomic mass is 10.2. The summed E-state index contributed by atoms with van der Waals surface area (Å²) in [4.78, 5) is 17.4. The van der Waals surface area contributed by atoms with E-state index in [1.165, 1.54) is 0 Å². The molecular formula is C12H12N2O2. The summed E-state index contributed by atoms with van der Waals surface area (Å²) < 4.78 is 5.13. The predicted molar refractivity (Wildman–Crippen MR) is 61.1 cm³/mol. The molecule has 4 nitrogen and oxygen atoms in total. The number of carbonyl (C=O) groups is 1. The summed E-state index contributed by atoms with van der Waals surface area (Å²) in [5.74, 6) is -0.316.